The van der Waals surface area contributed by atoms with Crippen LogP contribution in [0, 0.1) is 5.82 Å². The molecule has 1 aromatic heterocycles. The molecule has 200 valence electrons. The molecule has 3 heterocycles. The molecule has 7 nitrogen and oxygen atoms in total. The van der Waals surface area contributed by atoms with E-state index in [0.717, 1.165) is 13.0 Å². The van der Waals surface area contributed by atoms with Gasteiger partial charge in [0.25, 0.3) is 12.9 Å². The van der Waals surface area contributed by atoms with Gasteiger partial charge < -0.3 is 19.9 Å². The summed E-state index contributed by atoms with van der Waals surface area (Å²) in [4.78, 5) is 9.80. The summed E-state index contributed by atoms with van der Waals surface area (Å²) >= 11 is 9.06. The van der Waals surface area contributed by atoms with Gasteiger partial charge in [-0.1, -0.05) is 11.6 Å². The van der Waals surface area contributed by atoms with E-state index in [4.69, 9.17) is 21.1 Å². The molecule has 4 rings (SSSR count). The Morgan fingerprint density at radius 1 is 1.25 bits per heavy atom. The summed E-state index contributed by atoms with van der Waals surface area (Å²) in [5, 5.41) is 11.7. The van der Waals surface area contributed by atoms with Crippen LogP contribution < -0.4 is 14.8 Å². The first kappa shape index (κ1) is 27.3. The largest absolute Gasteiger partial charge is 0.493 e. The molecule has 0 radical (unpaired) electrons. The average molecular weight is 608 g/mol. The molecular formula is C21H22BrClF6N4O3. The Morgan fingerprint density at radius 2 is 2.00 bits per heavy atom. The molecular weight excluding hydrogens is 586 g/mol. The molecule has 2 aliphatic heterocycles. The molecule has 2 aromatic rings. The number of nitrogens with one attached hydrogen (secondary N) is 1. The standard InChI is InChI=1S/C21H22BrClF6N4O3/c22-13-14(23)17(35-7-10(18(28)29)30-5-11(25)26)12-16(15(13)27)31-20(32-19(12)34)36-8-21-2-1-3-33(21)6-9(24)4-21/h9-11,18,30H,1-8H2,(H,31,32,34)/t9-,10-,21+/m1/s1. The number of benzene rings is 1. The van der Waals surface area contributed by atoms with E-state index in [-0.39, 0.29) is 23.5 Å². The number of halogens is 8. The first-order valence-corrected chi connectivity index (χ1v) is 12.2. The van der Waals surface area contributed by atoms with E-state index in [1.807, 2.05) is 10.2 Å². The van der Waals surface area contributed by atoms with Gasteiger partial charge in [0.05, 0.1) is 16.6 Å². The maximum absolute atomic E-state index is 15.0. The quantitative estimate of drug-likeness (QED) is 0.299. The second-order valence-corrected chi connectivity index (χ2v) is 9.91. The van der Waals surface area contributed by atoms with Gasteiger partial charge in [0.2, 0.25) is 5.88 Å². The van der Waals surface area contributed by atoms with Gasteiger partial charge in [-0.3, -0.25) is 4.90 Å². The van der Waals surface area contributed by atoms with Gasteiger partial charge in [-0.15, -0.1) is 0 Å². The minimum atomic E-state index is -3.07. The van der Waals surface area contributed by atoms with Crippen LogP contribution >= 0.6 is 27.5 Å². The normalized spacial score (nSPS) is 23.1. The Hall–Kier alpha value is -1.77. The third-order valence-electron chi connectivity index (χ3n) is 6.37. The van der Waals surface area contributed by atoms with Crippen LogP contribution in [-0.2, 0) is 0 Å². The molecule has 0 unspecified atom stereocenters. The SMILES string of the molecule is Oc1nc(OC[C@@]23CCCN2C[C@H](F)C3)nc2c(F)c(Br)c(Cl)c(OC[C@@H](NCC(F)F)C(F)F)c12. The van der Waals surface area contributed by atoms with Gasteiger partial charge in [0.1, 0.15) is 41.4 Å². The monoisotopic (exact) mass is 606 g/mol. The van der Waals surface area contributed by atoms with Gasteiger partial charge in [0.15, 0.2) is 11.6 Å². The van der Waals surface area contributed by atoms with Crippen molar-refractivity contribution in [2.24, 2.45) is 0 Å². The van der Waals surface area contributed by atoms with Crippen LogP contribution in [0.1, 0.15) is 19.3 Å². The Balaban J connectivity index is 1.61. The van der Waals surface area contributed by atoms with Crippen LogP contribution in [0.5, 0.6) is 17.6 Å². The lowest BCUT2D eigenvalue weighted by molar-refractivity contribution is 0.0578. The highest BCUT2D eigenvalue weighted by Crippen LogP contribution is 2.45. The number of alkyl halides is 5. The van der Waals surface area contributed by atoms with E-state index < -0.39 is 77.1 Å². The molecule has 0 saturated carbocycles. The Labute approximate surface area is 215 Å². The van der Waals surface area contributed by atoms with Crippen molar-refractivity contribution in [3.63, 3.8) is 0 Å². The third-order valence-corrected chi connectivity index (χ3v) is 7.70. The molecule has 2 fully saturated rings. The average Bonchev–Trinajstić information content (AvgIpc) is 3.33. The highest BCUT2D eigenvalue weighted by molar-refractivity contribution is 9.10. The maximum Gasteiger partial charge on any atom is 0.320 e. The van der Waals surface area contributed by atoms with Crippen LogP contribution in [0.15, 0.2) is 4.47 Å². The fraction of sp³-hybridized carbons (Fsp3) is 0.619. The molecule has 36 heavy (non-hydrogen) atoms. The van der Waals surface area contributed by atoms with Gasteiger partial charge >= 0.3 is 6.01 Å². The molecule has 15 heteroatoms. The maximum atomic E-state index is 15.0. The molecule has 1 aromatic carbocycles. The van der Waals surface area contributed by atoms with Crippen LogP contribution in [0.2, 0.25) is 5.02 Å². The van der Waals surface area contributed by atoms with Gasteiger partial charge in [0, 0.05) is 13.0 Å². The second kappa shape index (κ2) is 10.9. The zero-order valence-corrected chi connectivity index (χ0v) is 20.9. The number of fused-ring (bicyclic) bond motifs is 2. The lowest BCUT2D eigenvalue weighted by Gasteiger charge is -2.30. The van der Waals surface area contributed by atoms with E-state index in [1.54, 1.807) is 0 Å². The number of nitrogens with zero attached hydrogens (tertiary/aromatic N) is 3. The number of hydrogen-bond donors (Lipinski definition) is 2. The Bertz CT molecular complexity index is 1120. The molecule has 3 atom stereocenters. The fourth-order valence-corrected chi connectivity index (χ4v) is 5.29. The van der Waals surface area contributed by atoms with Gasteiger partial charge in [-0.05, 0) is 35.3 Å². The smallest absolute Gasteiger partial charge is 0.320 e. The number of rotatable bonds is 10. The number of hydrogen-bond acceptors (Lipinski definition) is 7. The van der Waals surface area contributed by atoms with Crippen LogP contribution in [0.3, 0.4) is 0 Å². The number of ether oxygens (including phenoxy) is 2. The predicted molar refractivity (Wildman–Crippen MR) is 122 cm³/mol. The topological polar surface area (TPSA) is 79.7 Å². The molecule has 0 bridgehead atoms. The molecule has 2 N–H and O–H groups in total. The van der Waals surface area contributed by atoms with Crippen molar-refractivity contribution in [1.29, 1.82) is 0 Å². The van der Waals surface area contributed by atoms with E-state index in [2.05, 4.69) is 25.9 Å². The van der Waals surface area contributed by atoms with Gasteiger partial charge in [-0.25, -0.2) is 26.3 Å². The molecule has 0 aliphatic carbocycles. The van der Waals surface area contributed by atoms with E-state index >= 15 is 4.39 Å². The fourth-order valence-electron chi connectivity index (χ4n) is 4.69. The van der Waals surface area contributed by atoms with Crippen LogP contribution in [-0.4, -0.2) is 83.4 Å². The highest BCUT2D eigenvalue weighted by Gasteiger charge is 2.49. The summed E-state index contributed by atoms with van der Waals surface area (Å²) in [6.45, 7) is -0.807. The van der Waals surface area contributed by atoms with Crippen molar-refractivity contribution in [2.75, 3.05) is 32.8 Å². The van der Waals surface area contributed by atoms with Crippen molar-refractivity contribution in [3.05, 3.63) is 15.3 Å². The number of aromatic hydroxyl groups is 1. The van der Waals surface area contributed by atoms with Gasteiger partial charge in [-0.2, -0.15) is 9.97 Å². The zero-order valence-electron chi connectivity index (χ0n) is 18.6. The van der Waals surface area contributed by atoms with Crippen molar-refractivity contribution < 1.29 is 40.9 Å². The lowest BCUT2D eigenvalue weighted by Crippen LogP contribution is -2.43. The summed E-state index contributed by atoms with van der Waals surface area (Å²) in [7, 11) is 0. The summed E-state index contributed by atoms with van der Waals surface area (Å²) < 4.78 is 91.1. The molecule has 0 spiro atoms. The lowest BCUT2D eigenvalue weighted by atomic mass is 9.95. The van der Waals surface area contributed by atoms with Crippen molar-refractivity contribution in [3.8, 4) is 17.6 Å². The van der Waals surface area contributed by atoms with Crippen molar-refractivity contribution in [2.45, 2.75) is 49.9 Å². The summed E-state index contributed by atoms with van der Waals surface area (Å²) in [5.41, 5.74) is -1.02. The second-order valence-electron chi connectivity index (χ2n) is 8.74. The summed E-state index contributed by atoms with van der Waals surface area (Å²) in [5.74, 6) is -2.23. The Kier molecular flexibility index (Phi) is 8.27. The zero-order chi connectivity index (χ0) is 26.2. The van der Waals surface area contributed by atoms with Crippen molar-refractivity contribution >= 4 is 38.4 Å². The number of aromatic nitrogens is 2. The third kappa shape index (κ3) is 5.41. The molecule has 2 aliphatic rings. The minimum Gasteiger partial charge on any atom is -0.493 e. The molecule has 2 saturated heterocycles. The van der Waals surface area contributed by atoms with Crippen LogP contribution in [0.25, 0.3) is 10.9 Å². The van der Waals surface area contributed by atoms with Crippen molar-refractivity contribution in [1.82, 2.24) is 20.2 Å². The first-order valence-electron chi connectivity index (χ1n) is 11.0. The summed E-state index contributed by atoms with van der Waals surface area (Å²) in [6.07, 6.45) is -5.11. The first-order chi connectivity index (χ1) is 17.0. The summed E-state index contributed by atoms with van der Waals surface area (Å²) in [6, 6.07) is -2.19. The van der Waals surface area contributed by atoms with E-state index in [9.17, 15) is 27.1 Å². The van der Waals surface area contributed by atoms with E-state index in [0.29, 0.717) is 13.0 Å². The minimum absolute atomic E-state index is 0.0178. The molecule has 0 amide bonds. The Morgan fingerprint density at radius 3 is 2.69 bits per heavy atom. The van der Waals surface area contributed by atoms with Crippen LogP contribution in [0.4, 0.5) is 26.3 Å². The predicted octanol–water partition coefficient (Wildman–Crippen LogP) is 4.71. The van der Waals surface area contributed by atoms with E-state index in [1.165, 1.54) is 0 Å². The highest BCUT2D eigenvalue weighted by atomic mass is 79.9.